The Labute approximate surface area is 285 Å². The third-order valence-corrected chi connectivity index (χ3v) is 10.6. The first-order chi connectivity index (χ1) is 24.3. The Morgan fingerprint density at radius 3 is 1.78 bits per heavy atom. The van der Waals surface area contributed by atoms with Gasteiger partial charge in [-0.25, -0.2) is 0 Å². The highest BCUT2D eigenvalue weighted by Gasteiger charge is 2.47. The van der Waals surface area contributed by atoms with Gasteiger partial charge >= 0.3 is 0 Å². The summed E-state index contributed by atoms with van der Waals surface area (Å²) in [7, 11) is 0. The summed E-state index contributed by atoms with van der Waals surface area (Å²) in [4.78, 5) is 0. The summed E-state index contributed by atoms with van der Waals surface area (Å²) in [6, 6.07) is 66.6. The monoisotopic (exact) mass is 624 g/mol. The van der Waals surface area contributed by atoms with Gasteiger partial charge in [-0.15, -0.1) is 0 Å². The van der Waals surface area contributed by atoms with Crippen molar-refractivity contribution >= 4 is 32.7 Å². The molecule has 0 saturated carbocycles. The minimum Gasteiger partial charge on any atom is -0.456 e. The Kier molecular flexibility index (Phi) is 6.22. The van der Waals surface area contributed by atoms with E-state index in [1.807, 2.05) is 6.07 Å². The van der Waals surface area contributed by atoms with Crippen molar-refractivity contribution in [3.8, 4) is 22.3 Å². The molecule has 230 valence electrons. The summed E-state index contributed by atoms with van der Waals surface area (Å²) in [5.74, 6) is 0. The number of fused-ring (bicyclic) bond motifs is 8. The fourth-order valence-electron chi connectivity index (χ4n) is 8.57. The van der Waals surface area contributed by atoms with E-state index in [4.69, 9.17) is 4.42 Å². The molecular weight excluding hydrogens is 593 g/mol. The number of benzene rings is 8. The Morgan fingerprint density at radius 1 is 0.429 bits per heavy atom. The van der Waals surface area contributed by atoms with Gasteiger partial charge in [0.1, 0.15) is 11.2 Å². The topological polar surface area (TPSA) is 13.1 Å². The highest BCUT2D eigenvalue weighted by Crippen LogP contribution is 2.59. The van der Waals surface area contributed by atoms with Crippen LogP contribution >= 0.6 is 0 Å². The second-order valence-electron chi connectivity index (χ2n) is 13.2. The maximum Gasteiger partial charge on any atom is 0.135 e. The lowest BCUT2D eigenvalue weighted by molar-refractivity contribution is 0.668. The predicted molar refractivity (Wildman–Crippen MR) is 203 cm³/mol. The Morgan fingerprint density at radius 2 is 1.04 bits per heavy atom. The van der Waals surface area contributed by atoms with Crippen molar-refractivity contribution in [3.63, 3.8) is 0 Å². The molecular formula is C48H32O. The van der Waals surface area contributed by atoms with Crippen molar-refractivity contribution in [2.75, 3.05) is 0 Å². The van der Waals surface area contributed by atoms with Crippen LogP contribution in [0.15, 0.2) is 186 Å². The molecule has 0 N–H and O–H groups in total. The van der Waals surface area contributed by atoms with Crippen LogP contribution in [-0.2, 0) is 11.8 Å². The van der Waals surface area contributed by atoms with Crippen molar-refractivity contribution < 1.29 is 4.42 Å². The lowest BCUT2D eigenvalue weighted by Gasteiger charge is -2.34. The van der Waals surface area contributed by atoms with Gasteiger partial charge in [-0.3, -0.25) is 0 Å². The molecule has 0 spiro atoms. The first-order valence-electron chi connectivity index (χ1n) is 17.1. The fourth-order valence-corrected chi connectivity index (χ4v) is 8.57. The van der Waals surface area contributed by atoms with E-state index in [2.05, 4.69) is 176 Å². The SMILES string of the molecule is c1ccc(-c2cc3c(c4ccccc24)-c2ccc(Cc4cccc5oc6ccccc6c45)cc2C3(c2ccccc2)c2ccccc2)cc1. The van der Waals surface area contributed by atoms with Crippen LogP contribution in [0.25, 0.3) is 55.0 Å². The predicted octanol–water partition coefficient (Wildman–Crippen LogP) is 12.4. The number of rotatable bonds is 5. The Hall–Kier alpha value is -6.18. The molecule has 0 radical (unpaired) electrons. The molecule has 0 aliphatic heterocycles. The van der Waals surface area contributed by atoms with Crippen LogP contribution in [0.2, 0.25) is 0 Å². The molecule has 0 bridgehead atoms. The molecule has 1 heterocycles. The average Bonchev–Trinajstić information content (AvgIpc) is 3.70. The van der Waals surface area contributed by atoms with Crippen LogP contribution < -0.4 is 0 Å². The van der Waals surface area contributed by atoms with Crippen molar-refractivity contribution in [3.05, 3.63) is 215 Å². The summed E-state index contributed by atoms with van der Waals surface area (Å²) in [5, 5.41) is 4.94. The second kappa shape index (κ2) is 10.9. The first kappa shape index (κ1) is 27.9. The van der Waals surface area contributed by atoms with E-state index < -0.39 is 5.41 Å². The zero-order chi connectivity index (χ0) is 32.4. The average molecular weight is 625 g/mol. The summed E-state index contributed by atoms with van der Waals surface area (Å²) < 4.78 is 6.28. The Bertz CT molecular complexity index is 2630. The summed E-state index contributed by atoms with van der Waals surface area (Å²) >= 11 is 0. The molecule has 49 heavy (non-hydrogen) atoms. The van der Waals surface area contributed by atoms with Gasteiger partial charge in [0.05, 0.1) is 5.41 Å². The van der Waals surface area contributed by atoms with Gasteiger partial charge in [0.2, 0.25) is 0 Å². The third kappa shape index (κ3) is 4.12. The fraction of sp³-hybridized carbons (Fsp3) is 0.0417. The molecule has 0 fully saturated rings. The van der Waals surface area contributed by atoms with Crippen molar-refractivity contribution in [2.45, 2.75) is 11.8 Å². The summed E-state index contributed by atoms with van der Waals surface area (Å²) in [5.41, 5.74) is 14.3. The molecule has 1 aromatic heterocycles. The smallest absolute Gasteiger partial charge is 0.135 e. The van der Waals surface area contributed by atoms with Gasteiger partial charge in [0, 0.05) is 10.8 Å². The zero-order valence-electron chi connectivity index (χ0n) is 26.9. The van der Waals surface area contributed by atoms with Crippen LogP contribution in [-0.4, -0.2) is 0 Å². The Balaban J connectivity index is 1.28. The van der Waals surface area contributed by atoms with E-state index in [1.54, 1.807) is 0 Å². The van der Waals surface area contributed by atoms with Gasteiger partial charge in [0.15, 0.2) is 0 Å². The molecule has 1 aliphatic rings. The number of hydrogen-bond acceptors (Lipinski definition) is 1. The number of hydrogen-bond donors (Lipinski definition) is 0. The molecule has 8 aromatic carbocycles. The van der Waals surface area contributed by atoms with E-state index in [0.29, 0.717) is 0 Å². The van der Waals surface area contributed by atoms with Crippen LogP contribution in [0.3, 0.4) is 0 Å². The van der Waals surface area contributed by atoms with E-state index in [1.165, 1.54) is 77.2 Å². The maximum absolute atomic E-state index is 6.28. The molecule has 1 nitrogen and oxygen atoms in total. The molecule has 0 saturated heterocycles. The van der Waals surface area contributed by atoms with Crippen LogP contribution in [0, 0.1) is 0 Å². The third-order valence-electron chi connectivity index (χ3n) is 10.6. The van der Waals surface area contributed by atoms with Gasteiger partial charge in [-0.05, 0) is 91.0 Å². The molecule has 0 unspecified atom stereocenters. The molecule has 1 heteroatoms. The van der Waals surface area contributed by atoms with Crippen molar-refractivity contribution in [1.29, 1.82) is 0 Å². The van der Waals surface area contributed by atoms with E-state index in [0.717, 1.165) is 17.6 Å². The van der Waals surface area contributed by atoms with E-state index >= 15 is 0 Å². The molecule has 10 rings (SSSR count). The van der Waals surface area contributed by atoms with Crippen LogP contribution in [0.1, 0.15) is 33.4 Å². The zero-order valence-corrected chi connectivity index (χ0v) is 26.9. The van der Waals surface area contributed by atoms with Crippen molar-refractivity contribution in [2.24, 2.45) is 0 Å². The van der Waals surface area contributed by atoms with E-state index in [-0.39, 0.29) is 0 Å². The highest BCUT2D eigenvalue weighted by molar-refractivity contribution is 6.10. The molecule has 9 aromatic rings. The van der Waals surface area contributed by atoms with Gasteiger partial charge < -0.3 is 4.42 Å². The minimum atomic E-state index is -0.509. The molecule has 0 amide bonds. The number of para-hydroxylation sites is 1. The lowest BCUT2D eigenvalue weighted by Crippen LogP contribution is -2.28. The summed E-state index contributed by atoms with van der Waals surface area (Å²) in [6.45, 7) is 0. The maximum atomic E-state index is 6.28. The normalized spacial score (nSPS) is 13.1. The van der Waals surface area contributed by atoms with Crippen molar-refractivity contribution in [1.82, 2.24) is 0 Å². The molecule has 1 aliphatic carbocycles. The van der Waals surface area contributed by atoms with Crippen LogP contribution in [0.5, 0.6) is 0 Å². The second-order valence-corrected chi connectivity index (χ2v) is 13.2. The standard InChI is InChI=1S/C48H32O/c1-4-15-33(16-5-1)41-31-43-47(38-23-11-10-22-37(38)41)39-28-27-32(29-34-17-14-26-45-46(34)40-24-12-13-25-44(40)49-45)30-42(39)48(43,35-18-6-2-7-19-35)36-20-8-3-9-21-36/h1-28,30-31H,29H2. The van der Waals surface area contributed by atoms with Gasteiger partial charge in [0.25, 0.3) is 0 Å². The number of furan rings is 1. The lowest BCUT2D eigenvalue weighted by atomic mass is 9.67. The first-order valence-corrected chi connectivity index (χ1v) is 17.1. The van der Waals surface area contributed by atoms with Gasteiger partial charge in [-0.2, -0.15) is 0 Å². The minimum absolute atomic E-state index is 0.509. The summed E-state index contributed by atoms with van der Waals surface area (Å²) in [6.07, 6.45) is 0.806. The highest BCUT2D eigenvalue weighted by atomic mass is 16.3. The van der Waals surface area contributed by atoms with Crippen LogP contribution in [0.4, 0.5) is 0 Å². The molecule has 0 atom stereocenters. The largest absolute Gasteiger partial charge is 0.456 e. The quantitative estimate of drug-likeness (QED) is 0.186. The van der Waals surface area contributed by atoms with E-state index in [9.17, 15) is 0 Å². The van der Waals surface area contributed by atoms with Gasteiger partial charge in [-0.1, -0.05) is 164 Å².